The first-order valence-electron chi connectivity index (χ1n) is 10.1. The Labute approximate surface area is 181 Å². The molecule has 2 aromatic carbocycles. The van der Waals surface area contributed by atoms with Gasteiger partial charge in [0.05, 0.1) is 16.5 Å². The SMILES string of the molecule is C[C@H]1CCCCN1Cc1c(O)ccc2c(=O)c(-c3ccccc3Cl)c(C(F)(F)F)oc12. The van der Waals surface area contributed by atoms with Crippen molar-refractivity contribution < 1.29 is 22.7 Å². The molecule has 0 unspecified atom stereocenters. The minimum Gasteiger partial charge on any atom is -0.507 e. The molecule has 3 aromatic rings. The summed E-state index contributed by atoms with van der Waals surface area (Å²) in [6, 6.07) is 8.67. The Morgan fingerprint density at radius 3 is 2.61 bits per heavy atom. The maximum atomic E-state index is 14.0. The standard InChI is InChI=1S/C23H21ClF3NO3/c1-13-6-4-5-11-28(13)12-16-18(29)10-9-15-20(30)19(14-7-2-3-8-17(14)24)22(23(25,26)27)31-21(15)16/h2-3,7-10,13,29H,4-6,11-12H2,1H3/t13-/m0/s1. The molecule has 0 aliphatic carbocycles. The first-order valence-corrected chi connectivity index (χ1v) is 10.4. The minimum absolute atomic E-state index is 0.0146. The van der Waals surface area contributed by atoms with Gasteiger partial charge in [-0.25, -0.2) is 0 Å². The topological polar surface area (TPSA) is 53.7 Å². The van der Waals surface area contributed by atoms with E-state index in [9.17, 15) is 23.1 Å². The fraction of sp³-hybridized carbons (Fsp3) is 0.348. The second-order valence-corrected chi connectivity index (χ2v) is 8.28. The van der Waals surface area contributed by atoms with Gasteiger partial charge >= 0.3 is 6.18 Å². The number of fused-ring (bicyclic) bond motifs is 1. The van der Waals surface area contributed by atoms with Crippen LogP contribution in [-0.2, 0) is 12.7 Å². The monoisotopic (exact) mass is 451 g/mol. The van der Waals surface area contributed by atoms with E-state index in [1.807, 2.05) is 6.92 Å². The minimum atomic E-state index is -4.93. The Morgan fingerprint density at radius 1 is 1.19 bits per heavy atom. The zero-order valence-electron chi connectivity index (χ0n) is 16.8. The van der Waals surface area contributed by atoms with E-state index in [0.717, 1.165) is 25.8 Å². The Kier molecular flexibility index (Phi) is 5.75. The van der Waals surface area contributed by atoms with Crippen molar-refractivity contribution in [2.45, 2.75) is 44.9 Å². The molecule has 1 aliphatic heterocycles. The number of phenolic OH excluding ortho intramolecular Hbond substituents is 1. The number of nitrogens with zero attached hydrogens (tertiary/aromatic N) is 1. The summed E-state index contributed by atoms with van der Waals surface area (Å²) in [6.07, 6.45) is -1.93. The third-order valence-corrected chi connectivity index (χ3v) is 6.17. The van der Waals surface area contributed by atoms with Gasteiger partial charge in [-0.3, -0.25) is 9.69 Å². The summed E-state index contributed by atoms with van der Waals surface area (Å²) in [4.78, 5) is 15.3. The second-order valence-electron chi connectivity index (χ2n) is 7.87. The Bertz CT molecular complexity index is 1190. The molecule has 0 saturated carbocycles. The normalized spacial score (nSPS) is 17.9. The van der Waals surface area contributed by atoms with E-state index in [4.69, 9.17) is 16.0 Å². The quantitative estimate of drug-likeness (QED) is 0.514. The van der Waals surface area contributed by atoms with Crippen molar-refractivity contribution in [1.82, 2.24) is 4.90 Å². The van der Waals surface area contributed by atoms with Crippen molar-refractivity contribution in [2.75, 3.05) is 6.54 Å². The molecule has 1 atom stereocenters. The molecule has 1 fully saturated rings. The van der Waals surface area contributed by atoms with E-state index in [1.54, 1.807) is 6.07 Å². The first kappa shape index (κ1) is 21.7. The number of aromatic hydroxyl groups is 1. The van der Waals surface area contributed by atoms with Crippen LogP contribution in [0.4, 0.5) is 13.2 Å². The molecular formula is C23H21ClF3NO3. The maximum absolute atomic E-state index is 14.0. The number of hydrogen-bond donors (Lipinski definition) is 1. The zero-order chi connectivity index (χ0) is 22.3. The summed E-state index contributed by atoms with van der Waals surface area (Å²) in [5, 5.41) is 10.4. The number of benzene rings is 2. The van der Waals surface area contributed by atoms with E-state index in [-0.39, 0.29) is 45.5 Å². The van der Waals surface area contributed by atoms with Crippen LogP contribution in [0.2, 0.25) is 5.02 Å². The van der Waals surface area contributed by atoms with Crippen molar-refractivity contribution in [3.8, 4) is 16.9 Å². The van der Waals surface area contributed by atoms with Crippen LogP contribution in [0.5, 0.6) is 5.75 Å². The summed E-state index contributed by atoms with van der Waals surface area (Å²) in [5.41, 5.74) is -1.58. The lowest BCUT2D eigenvalue weighted by atomic mass is 9.99. The molecule has 4 rings (SSSR count). The largest absolute Gasteiger partial charge is 0.507 e. The molecule has 31 heavy (non-hydrogen) atoms. The van der Waals surface area contributed by atoms with Crippen LogP contribution in [0.1, 0.15) is 37.5 Å². The van der Waals surface area contributed by atoms with Crippen LogP contribution < -0.4 is 5.43 Å². The average molecular weight is 452 g/mol. The molecule has 0 amide bonds. The number of piperidine rings is 1. The van der Waals surface area contributed by atoms with E-state index >= 15 is 0 Å². The Balaban J connectivity index is 1.99. The summed E-state index contributed by atoms with van der Waals surface area (Å²) < 4.78 is 47.3. The van der Waals surface area contributed by atoms with Crippen LogP contribution in [-0.4, -0.2) is 22.6 Å². The van der Waals surface area contributed by atoms with Crippen LogP contribution >= 0.6 is 11.6 Å². The molecule has 0 radical (unpaired) electrons. The zero-order valence-corrected chi connectivity index (χ0v) is 17.6. The van der Waals surface area contributed by atoms with Gasteiger partial charge < -0.3 is 9.52 Å². The van der Waals surface area contributed by atoms with Gasteiger partial charge in [0, 0.05) is 23.2 Å². The number of alkyl halides is 3. The predicted molar refractivity (Wildman–Crippen MR) is 113 cm³/mol. The summed E-state index contributed by atoms with van der Waals surface area (Å²) in [5.74, 6) is -1.62. The Morgan fingerprint density at radius 2 is 1.94 bits per heavy atom. The molecule has 0 spiro atoms. The summed E-state index contributed by atoms with van der Waals surface area (Å²) in [7, 11) is 0. The van der Waals surface area contributed by atoms with Gasteiger partial charge in [0.15, 0.2) is 0 Å². The van der Waals surface area contributed by atoms with Crippen LogP contribution in [0.25, 0.3) is 22.1 Å². The van der Waals surface area contributed by atoms with Crippen LogP contribution in [0, 0.1) is 0 Å². The van der Waals surface area contributed by atoms with Gasteiger partial charge in [0.1, 0.15) is 11.3 Å². The fourth-order valence-corrected chi connectivity index (χ4v) is 4.39. The second kappa shape index (κ2) is 8.20. The van der Waals surface area contributed by atoms with Crippen LogP contribution in [0.3, 0.4) is 0 Å². The molecule has 8 heteroatoms. The number of halogens is 4. The van der Waals surface area contributed by atoms with Gasteiger partial charge in [-0.2, -0.15) is 13.2 Å². The lowest BCUT2D eigenvalue weighted by molar-refractivity contribution is -0.152. The van der Waals surface area contributed by atoms with Crippen LogP contribution in [0.15, 0.2) is 45.6 Å². The highest BCUT2D eigenvalue weighted by Gasteiger charge is 2.40. The number of rotatable bonds is 3. The van der Waals surface area contributed by atoms with Crippen molar-refractivity contribution in [3.63, 3.8) is 0 Å². The molecule has 164 valence electrons. The van der Waals surface area contributed by atoms with Gasteiger partial charge in [-0.05, 0) is 44.5 Å². The third kappa shape index (κ3) is 4.04. The molecule has 2 heterocycles. The lowest BCUT2D eigenvalue weighted by Gasteiger charge is -2.33. The van der Waals surface area contributed by atoms with E-state index in [1.165, 1.54) is 30.3 Å². The molecule has 1 N–H and O–H groups in total. The molecule has 1 saturated heterocycles. The lowest BCUT2D eigenvalue weighted by Crippen LogP contribution is -2.36. The molecule has 1 aliphatic rings. The number of phenols is 1. The highest BCUT2D eigenvalue weighted by Crippen LogP contribution is 2.41. The Hall–Kier alpha value is -2.51. The fourth-order valence-electron chi connectivity index (χ4n) is 4.16. The highest BCUT2D eigenvalue weighted by atomic mass is 35.5. The number of likely N-dealkylation sites (tertiary alicyclic amines) is 1. The number of hydrogen-bond acceptors (Lipinski definition) is 4. The molecule has 4 nitrogen and oxygen atoms in total. The van der Waals surface area contributed by atoms with E-state index in [2.05, 4.69) is 4.90 Å². The van der Waals surface area contributed by atoms with Crippen molar-refractivity contribution in [2.24, 2.45) is 0 Å². The molecular weight excluding hydrogens is 431 g/mol. The van der Waals surface area contributed by atoms with E-state index in [0.29, 0.717) is 0 Å². The van der Waals surface area contributed by atoms with Gasteiger partial charge in [0.2, 0.25) is 11.2 Å². The summed E-state index contributed by atoms with van der Waals surface area (Å²) >= 11 is 6.11. The maximum Gasteiger partial charge on any atom is 0.450 e. The van der Waals surface area contributed by atoms with Crippen molar-refractivity contribution >= 4 is 22.6 Å². The summed E-state index contributed by atoms with van der Waals surface area (Å²) in [6.45, 7) is 2.98. The molecule has 0 bridgehead atoms. The average Bonchev–Trinajstić information content (AvgIpc) is 2.71. The first-order chi connectivity index (χ1) is 14.7. The smallest absolute Gasteiger partial charge is 0.450 e. The third-order valence-electron chi connectivity index (χ3n) is 5.84. The van der Waals surface area contributed by atoms with E-state index < -0.39 is 22.9 Å². The van der Waals surface area contributed by atoms with Gasteiger partial charge in [-0.1, -0.05) is 36.2 Å². The molecule has 1 aromatic heterocycles. The van der Waals surface area contributed by atoms with Gasteiger partial charge in [-0.15, -0.1) is 0 Å². The van der Waals surface area contributed by atoms with Gasteiger partial charge in [0.25, 0.3) is 0 Å². The predicted octanol–water partition coefficient (Wildman–Crippen LogP) is 6.21. The van der Waals surface area contributed by atoms with Crippen molar-refractivity contribution in [3.05, 3.63) is 63.0 Å². The van der Waals surface area contributed by atoms with Crippen molar-refractivity contribution in [1.29, 1.82) is 0 Å². The highest BCUT2D eigenvalue weighted by molar-refractivity contribution is 6.33.